The summed E-state index contributed by atoms with van der Waals surface area (Å²) in [5.74, 6) is -0.437. The van der Waals surface area contributed by atoms with Crippen molar-refractivity contribution in [3.05, 3.63) is 52.1 Å². The van der Waals surface area contributed by atoms with Crippen LogP contribution in [0.3, 0.4) is 0 Å². The van der Waals surface area contributed by atoms with E-state index in [0.29, 0.717) is 5.02 Å². The Bertz CT molecular complexity index is 710. The number of hydrogen-bond donors (Lipinski definition) is 3. The highest BCUT2D eigenvalue weighted by molar-refractivity contribution is 7.80. The average Bonchev–Trinajstić information content (AvgIpc) is 2.41. The molecular formula is C13H9Cl2N3O2S. The third-order valence-electron chi connectivity index (χ3n) is 2.42. The number of aromatic nitrogens is 1. The quantitative estimate of drug-likeness (QED) is 0.731. The molecule has 0 bridgehead atoms. The van der Waals surface area contributed by atoms with E-state index in [0.717, 1.165) is 0 Å². The van der Waals surface area contributed by atoms with Crippen LogP contribution >= 0.6 is 35.4 Å². The monoisotopic (exact) mass is 341 g/mol. The van der Waals surface area contributed by atoms with E-state index in [9.17, 15) is 9.90 Å². The SMILES string of the molecule is O=C(NC(=S)Nc1ncccc1O)c1ccc(Cl)cc1Cl. The van der Waals surface area contributed by atoms with E-state index in [1.165, 1.54) is 24.4 Å². The van der Waals surface area contributed by atoms with E-state index in [-0.39, 0.29) is 27.3 Å². The van der Waals surface area contributed by atoms with Crippen LogP contribution in [-0.2, 0) is 0 Å². The molecule has 5 nitrogen and oxygen atoms in total. The number of benzene rings is 1. The van der Waals surface area contributed by atoms with Crippen LogP contribution in [0.2, 0.25) is 10.0 Å². The number of carbonyl (C=O) groups is 1. The van der Waals surface area contributed by atoms with Gasteiger partial charge in [-0.2, -0.15) is 0 Å². The number of carbonyl (C=O) groups excluding carboxylic acids is 1. The molecule has 0 saturated carbocycles. The summed E-state index contributed by atoms with van der Waals surface area (Å²) in [6.45, 7) is 0. The van der Waals surface area contributed by atoms with Crippen molar-refractivity contribution in [2.45, 2.75) is 0 Å². The van der Waals surface area contributed by atoms with Gasteiger partial charge >= 0.3 is 0 Å². The number of pyridine rings is 1. The molecule has 0 radical (unpaired) electrons. The zero-order valence-electron chi connectivity index (χ0n) is 10.4. The summed E-state index contributed by atoms with van der Waals surface area (Å²) < 4.78 is 0. The number of halogens is 2. The third kappa shape index (κ3) is 4.04. The highest BCUT2D eigenvalue weighted by Gasteiger charge is 2.13. The molecule has 8 heteroatoms. The maximum Gasteiger partial charge on any atom is 0.258 e. The Balaban J connectivity index is 2.06. The van der Waals surface area contributed by atoms with Crippen molar-refractivity contribution in [1.82, 2.24) is 10.3 Å². The molecule has 1 aromatic heterocycles. The lowest BCUT2D eigenvalue weighted by Gasteiger charge is -2.10. The number of anilines is 1. The van der Waals surface area contributed by atoms with Crippen molar-refractivity contribution in [1.29, 1.82) is 0 Å². The topological polar surface area (TPSA) is 74.2 Å². The number of hydrogen-bond acceptors (Lipinski definition) is 4. The van der Waals surface area contributed by atoms with Crippen LogP contribution in [0.15, 0.2) is 36.5 Å². The molecule has 108 valence electrons. The first-order chi connectivity index (χ1) is 9.97. The van der Waals surface area contributed by atoms with E-state index < -0.39 is 5.91 Å². The molecule has 2 rings (SSSR count). The van der Waals surface area contributed by atoms with Crippen molar-refractivity contribution in [2.75, 3.05) is 5.32 Å². The van der Waals surface area contributed by atoms with Crippen LogP contribution in [0.25, 0.3) is 0 Å². The largest absolute Gasteiger partial charge is 0.504 e. The number of rotatable bonds is 2. The minimum atomic E-state index is -0.496. The Morgan fingerprint density at radius 3 is 2.71 bits per heavy atom. The third-order valence-corrected chi connectivity index (χ3v) is 3.17. The van der Waals surface area contributed by atoms with Gasteiger partial charge in [-0.25, -0.2) is 4.98 Å². The fourth-order valence-corrected chi connectivity index (χ4v) is 2.16. The summed E-state index contributed by atoms with van der Waals surface area (Å²) in [5.41, 5.74) is 0.232. The van der Waals surface area contributed by atoms with Crippen molar-refractivity contribution in [3.63, 3.8) is 0 Å². The summed E-state index contributed by atoms with van der Waals surface area (Å²) in [4.78, 5) is 15.9. The van der Waals surface area contributed by atoms with Gasteiger partial charge in [0, 0.05) is 11.2 Å². The molecule has 0 spiro atoms. The summed E-state index contributed by atoms with van der Waals surface area (Å²) in [6, 6.07) is 7.49. The zero-order chi connectivity index (χ0) is 15.4. The minimum Gasteiger partial charge on any atom is -0.504 e. The Labute approximate surface area is 135 Å². The molecule has 3 N–H and O–H groups in total. The number of aromatic hydroxyl groups is 1. The van der Waals surface area contributed by atoms with Crippen LogP contribution in [0.4, 0.5) is 5.82 Å². The van der Waals surface area contributed by atoms with Crippen molar-refractivity contribution < 1.29 is 9.90 Å². The minimum absolute atomic E-state index is 0.0139. The normalized spacial score (nSPS) is 10.0. The van der Waals surface area contributed by atoms with Gasteiger partial charge < -0.3 is 10.4 Å². The van der Waals surface area contributed by atoms with E-state index in [1.807, 2.05) is 0 Å². The molecule has 1 heterocycles. The Hall–Kier alpha value is -1.89. The maximum absolute atomic E-state index is 12.0. The fourth-order valence-electron chi connectivity index (χ4n) is 1.48. The molecule has 1 amide bonds. The molecule has 1 aromatic carbocycles. The van der Waals surface area contributed by atoms with Gasteiger partial charge in [0.1, 0.15) is 0 Å². The summed E-state index contributed by atoms with van der Waals surface area (Å²) in [6.07, 6.45) is 1.47. The molecule has 2 aromatic rings. The van der Waals surface area contributed by atoms with Gasteiger partial charge in [0.25, 0.3) is 5.91 Å². The van der Waals surface area contributed by atoms with Crippen LogP contribution in [0.1, 0.15) is 10.4 Å². The van der Waals surface area contributed by atoms with E-state index in [4.69, 9.17) is 35.4 Å². The van der Waals surface area contributed by atoms with Crippen molar-refractivity contribution in [2.24, 2.45) is 0 Å². The predicted octanol–water partition coefficient (Wildman–Crippen LogP) is 3.22. The highest BCUT2D eigenvalue weighted by atomic mass is 35.5. The van der Waals surface area contributed by atoms with Gasteiger partial charge in [0.05, 0.1) is 10.6 Å². The molecule has 0 fully saturated rings. The summed E-state index contributed by atoms with van der Waals surface area (Å²) >= 11 is 16.7. The molecule has 0 aliphatic rings. The second-order valence-electron chi connectivity index (χ2n) is 3.90. The van der Waals surface area contributed by atoms with Crippen molar-refractivity contribution in [3.8, 4) is 5.75 Å². The molecule has 0 aliphatic carbocycles. The predicted molar refractivity (Wildman–Crippen MR) is 86.1 cm³/mol. The second-order valence-corrected chi connectivity index (χ2v) is 5.16. The molecular weight excluding hydrogens is 333 g/mol. The lowest BCUT2D eigenvalue weighted by Crippen LogP contribution is -2.34. The van der Waals surface area contributed by atoms with Gasteiger partial charge in [-0.05, 0) is 42.5 Å². The average molecular weight is 342 g/mol. The van der Waals surface area contributed by atoms with Gasteiger partial charge in [-0.15, -0.1) is 0 Å². The standard InChI is InChI=1S/C13H9Cl2N3O2S/c14-7-3-4-8(9(15)6-7)12(20)18-13(21)17-11-10(19)2-1-5-16-11/h1-6,19H,(H2,16,17,18,20,21). The summed E-state index contributed by atoms with van der Waals surface area (Å²) in [5, 5.41) is 15.2. The molecule has 21 heavy (non-hydrogen) atoms. The number of thiocarbonyl (C=S) groups is 1. The van der Waals surface area contributed by atoms with Gasteiger partial charge in [-0.3, -0.25) is 10.1 Å². The highest BCUT2D eigenvalue weighted by Crippen LogP contribution is 2.21. The number of nitrogens with one attached hydrogen (secondary N) is 2. The van der Waals surface area contributed by atoms with E-state index >= 15 is 0 Å². The number of nitrogens with zero attached hydrogens (tertiary/aromatic N) is 1. The van der Waals surface area contributed by atoms with Crippen LogP contribution in [0, 0.1) is 0 Å². The number of amides is 1. The maximum atomic E-state index is 12.0. The zero-order valence-corrected chi connectivity index (χ0v) is 12.8. The first kappa shape index (κ1) is 15.5. The van der Waals surface area contributed by atoms with E-state index in [1.54, 1.807) is 12.1 Å². The Morgan fingerprint density at radius 2 is 2.05 bits per heavy atom. The van der Waals surface area contributed by atoms with Crippen LogP contribution < -0.4 is 10.6 Å². The first-order valence-electron chi connectivity index (χ1n) is 5.69. The second kappa shape index (κ2) is 6.71. The fraction of sp³-hybridized carbons (Fsp3) is 0. The Morgan fingerprint density at radius 1 is 1.29 bits per heavy atom. The first-order valence-corrected chi connectivity index (χ1v) is 6.85. The molecule has 0 unspecified atom stereocenters. The lowest BCUT2D eigenvalue weighted by molar-refractivity contribution is 0.0978. The Kier molecular flexibility index (Phi) is 4.95. The summed E-state index contributed by atoms with van der Waals surface area (Å²) in [7, 11) is 0. The van der Waals surface area contributed by atoms with Gasteiger partial charge in [0.15, 0.2) is 16.7 Å². The van der Waals surface area contributed by atoms with Crippen molar-refractivity contribution >= 4 is 52.3 Å². The lowest BCUT2D eigenvalue weighted by atomic mass is 10.2. The van der Waals surface area contributed by atoms with Crippen LogP contribution in [-0.4, -0.2) is 21.1 Å². The van der Waals surface area contributed by atoms with Gasteiger partial charge in [-0.1, -0.05) is 23.2 Å². The molecule has 0 atom stereocenters. The van der Waals surface area contributed by atoms with Gasteiger partial charge in [0.2, 0.25) is 0 Å². The molecule has 0 aliphatic heterocycles. The smallest absolute Gasteiger partial charge is 0.258 e. The van der Waals surface area contributed by atoms with Crippen LogP contribution in [0.5, 0.6) is 5.75 Å². The van der Waals surface area contributed by atoms with E-state index in [2.05, 4.69) is 15.6 Å². The molecule has 0 saturated heterocycles.